The molecule has 0 amide bonds. The van der Waals surface area contributed by atoms with E-state index in [9.17, 15) is 9.59 Å². The minimum atomic E-state index is -0.932. The van der Waals surface area contributed by atoms with Crippen LogP contribution in [0.15, 0.2) is 18.2 Å². The summed E-state index contributed by atoms with van der Waals surface area (Å²) < 4.78 is 0.785. The molecule has 0 saturated carbocycles. The predicted octanol–water partition coefficient (Wildman–Crippen LogP) is 2.88. The molecule has 5 heteroatoms. The van der Waals surface area contributed by atoms with Crippen molar-refractivity contribution in [1.82, 2.24) is 0 Å². The molecule has 1 atom stereocenters. The number of Topliss-reactive ketones (excluding diaryl/α,β-unsaturated/α-hetero) is 1. The van der Waals surface area contributed by atoms with Crippen molar-refractivity contribution in [3.8, 4) is 0 Å². The fourth-order valence-electron chi connectivity index (χ4n) is 1.35. The van der Waals surface area contributed by atoms with E-state index in [4.69, 9.17) is 5.11 Å². The van der Waals surface area contributed by atoms with E-state index < -0.39 is 5.97 Å². The third-order valence-corrected chi connectivity index (χ3v) is 3.36. The van der Waals surface area contributed by atoms with E-state index in [2.05, 4.69) is 15.9 Å². The van der Waals surface area contributed by atoms with Crippen LogP contribution in [0.5, 0.6) is 0 Å². The number of rotatable bonds is 4. The molecular formula is C11H10BrIO3. The van der Waals surface area contributed by atoms with E-state index in [1.165, 1.54) is 0 Å². The van der Waals surface area contributed by atoms with Gasteiger partial charge in [-0.15, -0.1) is 0 Å². The second-order valence-electron chi connectivity index (χ2n) is 3.32. The molecule has 0 saturated heterocycles. The maximum Gasteiger partial charge on any atom is 0.307 e. The summed E-state index contributed by atoms with van der Waals surface area (Å²) in [5.41, 5.74) is 1.07. The van der Waals surface area contributed by atoms with Gasteiger partial charge in [0.15, 0.2) is 5.78 Å². The molecule has 1 N–H and O–H groups in total. The van der Waals surface area contributed by atoms with Crippen LogP contribution in [0.4, 0.5) is 0 Å². The number of aliphatic carboxylic acids is 1. The van der Waals surface area contributed by atoms with Gasteiger partial charge in [-0.2, -0.15) is 0 Å². The molecule has 0 bridgehead atoms. The molecule has 0 radical (unpaired) electrons. The number of benzene rings is 1. The number of ketones is 1. The van der Waals surface area contributed by atoms with Crippen molar-refractivity contribution in [2.45, 2.75) is 18.2 Å². The van der Waals surface area contributed by atoms with Gasteiger partial charge in [0.25, 0.3) is 0 Å². The number of carbonyl (C=O) groups excluding carboxylic acids is 1. The van der Waals surface area contributed by atoms with E-state index in [1.54, 1.807) is 25.1 Å². The van der Waals surface area contributed by atoms with Crippen LogP contribution in [-0.4, -0.2) is 21.7 Å². The van der Waals surface area contributed by atoms with Crippen LogP contribution in [0.3, 0.4) is 0 Å². The van der Waals surface area contributed by atoms with Gasteiger partial charge >= 0.3 is 5.97 Å². The monoisotopic (exact) mass is 396 g/mol. The maximum atomic E-state index is 11.9. The zero-order chi connectivity index (χ0) is 12.3. The summed E-state index contributed by atoms with van der Waals surface area (Å²) in [6.45, 7) is 1.73. The molecule has 1 rings (SSSR count). The highest BCUT2D eigenvalue weighted by Crippen LogP contribution is 2.21. The van der Waals surface area contributed by atoms with Crippen molar-refractivity contribution in [3.63, 3.8) is 0 Å². The van der Waals surface area contributed by atoms with Crippen molar-refractivity contribution in [2.24, 2.45) is 0 Å². The lowest BCUT2D eigenvalue weighted by molar-refractivity contribution is -0.136. The Morgan fingerprint density at radius 2 is 2.12 bits per heavy atom. The Bertz CT molecular complexity index is 429. The van der Waals surface area contributed by atoms with Gasteiger partial charge in [-0.05, 0) is 41.1 Å². The molecule has 0 spiro atoms. The summed E-state index contributed by atoms with van der Waals surface area (Å²) in [4.78, 5) is 22.3. The van der Waals surface area contributed by atoms with Crippen molar-refractivity contribution in [2.75, 3.05) is 0 Å². The zero-order valence-electron chi connectivity index (χ0n) is 8.54. The van der Waals surface area contributed by atoms with E-state index in [-0.39, 0.29) is 17.0 Å². The van der Waals surface area contributed by atoms with Crippen molar-refractivity contribution in [1.29, 1.82) is 0 Å². The number of alkyl halides is 1. The first kappa shape index (κ1) is 13.6. The summed E-state index contributed by atoms with van der Waals surface area (Å²) in [5.74, 6) is -1.01. The van der Waals surface area contributed by atoms with Crippen LogP contribution < -0.4 is 0 Å². The SMILES string of the molecule is CC(Br)C(=O)c1c(I)cccc1CC(=O)O. The largest absolute Gasteiger partial charge is 0.481 e. The van der Waals surface area contributed by atoms with Gasteiger partial charge < -0.3 is 5.11 Å². The van der Waals surface area contributed by atoms with Crippen molar-refractivity contribution in [3.05, 3.63) is 32.9 Å². The van der Waals surface area contributed by atoms with E-state index in [0.29, 0.717) is 11.1 Å². The summed E-state index contributed by atoms with van der Waals surface area (Å²) in [6.07, 6.45) is -0.127. The lowest BCUT2D eigenvalue weighted by Gasteiger charge is -2.10. The molecule has 0 heterocycles. The molecule has 86 valence electrons. The molecule has 0 aliphatic heterocycles. The molecule has 0 aliphatic rings. The Hall–Kier alpha value is -0.430. The number of hydrogen-bond acceptors (Lipinski definition) is 2. The molecular weight excluding hydrogens is 387 g/mol. The highest BCUT2D eigenvalue weighted by molar-refractivity contribution is 14.1. The summed E-state index contributed by atoms with van der Waals surface area (Å²) in [7, 11) is 0. The number of carbonyl (C=O) groups is 2. The van der Waals surface area contributed by atoms with Gasteiger partial charge in [-0.3, -0.25) is 9.59 Å². The molecule has 0 aromatic heterocycles. The van der Waals surface area contributed by atoms with Crippen LogP contribution in [0, 0.1) is 3.57 Å². The van der Waals surface area contributed by atoms with E-state index in [0.717, 1.165) is 3.57 Å². The Morgan fingerprint density at radius 1 is 1.50 bits per heavy atom. The summed E-state index contributed by atoms with van der Waals surface area (Å²) in [5, 5.41) is 8.78. The van der Waals surface area contributed by atoms with E-state index >= 15 is 0 Å². The lowest BCUT2D eigenvalue weighted by atomic mass is 10.00. The number of carboxylic acid groups (broad SMARTS) is 1. The van der Waals surface area contributed by atoms with Gasteiger partial charge in [-0.1, -0.05) is 28.1 Å². The second-order valence-corrected chi connectivity index (χ2v) is 5.86. The van der Waals surface area contributed by atoms with Gasteiger partial charge in [0, 0.05) is 9.13 Å². The lowest BCUT2D eigenvalue weighted by Crippen LogP contribution is -2.16. The third kappa shape index (κ3) is 3.28. The fraction of sp³-hybridized carbons (Fsp3) is 0.273. The first-order valence-electron chi connectivity index (χ1n) is 4.61. The standard InChI is InChI=1S/C11H10BrIO3/c1-6(12)11(16)10-7(5-9(14)15)3-2-4-8(10)13/h2-4,6H,5H2,1H3,(H,14,15). The smallest absolute Gasteiger partial charge is 0.307 e. The molecule has 1 unspecified atom stereocenters. The highest BCUT2D eigenvalue weighted by atomic mass is 127. The molecule has 1 aromatic carbocycles. The Kier molecular flexibility index (Phi) is 4.91. The van der Waals surface area contributed by atoms with Crippen LogP contribution in [0.25, 0.3) is 0 Å². The summed E-state index contributed by atoms with van der Waals surface area (Å²) in [6, 6.07) is 5.24. The molecule has 1 aromatic rings. The van der Waals surface area contributed by atoms with Crippen LogP contribution >= 0.6 is 38.5 Å². The van der Waals surface area contributed by atoms with Gasteiger partial charge in [0.05, 0.1) is 11.2 Å². The molecule has 0 aliphatic carbocycles. The molecule has 0 fully saturated rings. The second kappa shape index (κ2) is 5.77. The molecule has 3 nitrogen and oxygen atoms in total. The maximum absolute atomic E-state index is 11.9. The summed E-state index contributed by atoms with van der Waals surface area (Å²) >= 11 is 5.26. The van der Waals surface area contributed by atoms with Crippen molar-refractivity contribution < 1.29 is 14.7 Å². The first-order chi connectivity index (χ1) is 7.43. The molecule has 16 heavy (non-hydrogen) atoms. The average molecular weight is 397 g/mol. The fourth-order valence-corrected chi connectivity index (χ4v) is 2.40. The minimum absolute atomic E-state index is 0.0822. The Morgan fingerprint density at radius 3 is 2.62 bits per heavy atom. The Labute approximate surface area is 116 Å². The van der Waals surface area contributed by atoms with Crippen molar-refractivity contribution >= 4 is 50.3 Å². The number of carboxylic acids is 1. The van der Waals surface area contributed by atoms with Gasteiger partial charge in [0.2, 0.25) is 0 Å². The van der Waals surface area contributed by atoms with Gasteiger partial charge in [-0.25, -0.2) is 0 Å². The third-order valence-electron chi connectivity index (χ3n) is 2.05. The first-order valence-corrected chi connectivity index (χ1v) is 6.60. The highest BCUT2D eigenvalue weighted by Gasteiger charge is 2.19. The average Bonchev–Trinajstić information content (AvgIpc) is 2.16. The quantitative estimate of drug-likeness (QED) is 0.483. The predicted molar refractivity (Wildman–Crippen MR) is 73.2 cm³/mol. The van der Waals surface area contributed by atoms with Crippen LogP contribution in [0.1, 0.15) is 22.8 Å². The Balaban J connectivity index is 3.23. The number of hydrogen-bond donors (Lipinski definition) is 1. The van der Waals surface area contributed by atoms with E-state index in [1.807, 2.05) is 22.6 Å². The van der Waals surface area contributed by atoms with Crippen LogP contribution in [-0.2, 0) is 11.2 Å². The minimum Gasteiger partial charge on any atom is -0.481 e. The van der Waals surface area contributed by atoms with Gasteiger partial charge in [0.1, 0.15) is 0 Å². The zero-order valence-corrected chi connectivity index (χ0v) is 12.3. The van der Waals surface area contributed by atoms with Crippen LogP contribution in [0.2, 0.25) is 0 Å². The topological polar surface area (TPSA) is 54.4 Å². The normalized spacial score (nSPS) is 12.2. The number of halogens is 2.